The van der Waals surface area contributed by atoms with Crippen molar-refractivity contribution in [1.29, 1.82) is 0 Å². The number of aliphatic hydroxyl groups is 1. The van der Waals surface area contributed by atoms with Gasteiger partial charge in [0.2, 0.25) is 5.91 Å². The van der Waals surface area contributed by atoms with Crippen LogP contribution in [0.1, 0.15) is 60.9 Å². The molecule has 0 radical (unpaired) electrons. The third-order valence-corrected chi connectivity index (χ3v) is 5.78. The van der Waals surface area contributed by atoms with Crippen molar-refractivity contribution in [3.63, 3.8) is 0 Å². The molecule has 3 rings (SSSR count). The molecular formula is C25H32N2O4. The van der Waals surface area contributed by atoms with E-state index >= 15 is 0 Å². The average Bonchev–Trinajstić information content (AvgIpc) is 2.78. The Hall–Kier alpha value is -2.86. The number of piperidine rings is 1. The molecule has 166 valence electrons. The van der Waals surface area contributed by atoms with E-state index in [1.54, 1.807) is 36.3 Å². The quantitative estimate of drug-likeness (QED) is 0.666. The number of nitrogens with one attached hydrogen (secondary N) is 1. The van der Waals surface area contributed by atoms with Crippen LogP contribution >= 0.6 is 0 Å². The van der Waals surface area contributed by atoms with Gasteiger partial charge in [-0.25, -0.2) is 0 Å². The number of hydrogen-bond donors (Lipinski definition) is 2. The zero-order chi connectivity index (χ0) is 22.2. The van der Waals surface area contributed by atoms with Crippen LogP contribution in [0.25, 0.3) is 0 Å². The summed E-state index contributed by atoms with van der Waals surface area (Å²) in [5, 5.41) is 12.7. The van der Waals surface area contributed by atoms with Gasteiger partial charge in [0.05, 0.1) is 13.2 Å². The van der Waals surface area contributed by atoms with Crippen molar-refractivity contribution in [2.45, 2.75) is 51.0 Å². The van der Waals surface area contributed by atoms with Gasteiger partial charge in [-0.2, -0.15) is 0 Å². The highest BCUT2D eigenvalue weighted by atomic mass is 16.5. The summed E-state index contributed by atoms with van der Waals surface area (Å²) < 4.78 is 5.28. The lowest BCUT2D eigenvalue weighted by molar-refractivity contribution is -0.116. The molecule has 2 N–H and O–H groups in total. The number of carbonyl (C=O) groups is 2. The summed E-state index contributed by atoms with van der Waals surface area (Å²) in [6.45, 7) is 3.16. The van der Waals surface area contributed by atoms with E-state index in [-0.39, 0.29) is 11.8 Å². The first-order chi connectivity index (χ1) is 15.0. The van der Waals surface area contributed by atoms with Crippen LogP contribution in [0, 0.1) is 0 Å². The fourth-order valence-electron chi connectivity index (χ4n) is 3.96. The molecule has 0 bridgehead atoms. The number of amides is 2. The molecule has 1 aliphatic rings. The Morgan fingerprint density at radius 2 is 2.03 bits per heavy atom. The molecule has 2 unspecified atom stereocenters. The van der Waals surface area contributed by atoms with Crippen molar-refractivity contribution < 1.29 is 19.4 Å². The molecule has 2 aromatic carbocycles. The molecule has 1 heterocycles. The number of methoxy groups -OCH3 is 1. The van der Waals surface area contributed by atoms with Crippen molar-refractivity contribution in [3.05, 3.63) is 59.7 Å². The molecule has 0 saturated carbocycles. The normalized spacial score (nSPS) is 17.1. The standard InChI is InChI=1S/C25H32N2O4/c1-18(19-8-5-12-23(16-19)31-2)7-3-13-24(29)26-21-10-4-9-20(15-21)25(30)27-14-6-11-22(28)17-27/h4-5,8-10,12,15-16,18,22,28H,3,6-7,11,13-14,17H2,1-2H3,(H,26,29). The van der Waals surface area contributed by atoms with Gasteiger partial charge < -0.3 is 20.1 Å². The smallest absolute Gasteiger partial charge is 0.254 e. The van der Waals surface area contributed by atoms with Crippen molar-refractivity contribution in [3.8, 4) is 5.75 Å². The highest BCUT2D eigenvalue weighted by Gasteiger charge is 2.23. The molecule has 31 heavy (non-hydrogen) atoms. The SMILES string of the molecule is COc1cccc(C(C)CCCC(=O)Nc2cccc(C(=O)N3CCCC(O)C3)c2)c1. The summed E-state index contributed by atoms with van der Waals surface area (Å²) in [7, 11) is 1.66. The number of hydrogen-bond acceptors (Lipinski definition) is 4. The number of likely N-dealkylation sites (tertiary alicyclic amines) is 1. The number of anilines is 1. The van der Waals surface area contributed by atoms with Crippen molar-refractivity contribution in [2.75, 3.05) is 25.5 Å². The minimum Gasteiger partial charge on any atom is -0.497 e. The second-order valence-corrected chi connectivity index (χ2v) is 8.25. The molecule has 1 saturated heterocycles. The van der Waals surface area contributed by atoms with Gasteiger partial charge in [0.1, 0.15) is 5.75 Å². The Morgan fingerprint density at radius 3 is 2.81 bits per heavy atom. The van der Waals surface area contributed by atoms with E-state index in [2.05, 4.69) is 18.3 Å². The first-order valence-corrected chi connectivity index (χ1v) is 11.0. The van der Waals surface area contributed by atoms with Gasteiger partial charge in [-0.1, -0.05) is 25.1 Å². The molecule has 1 aliphatic heterocycles. The van der Waals surface area contributed by atoms with Crippen molar-refractivity contribution in [1.82, 2.24) is 4.90 Å². The first-order valence-electron chi connectivity index (χ1n) is 11.0. The fourth-order valence-corrected chi connectivity index (χ4v) is 3.96. The third-order valence-electron chi connectivity index (χ3n) is 5.78. The fraction of sp³-hybridized carbons (Fsp3) is 0.440. The van der Waals surface area contributed by atoms with Crippen LogP contribution in [0.5, 0.6) is 5.75 Å². The van der Waals surface area contributed by atoms with Crippen LogP contribution in [-0.4, -0.2) is 48.1 Å². The van der Waals surface area contributed by atoms with E-state index in [0.717, 1.165) is 31.4 Å². The zero-order valence-corrected chi connectivity index (χ0v) is 18.3. The summed E-state index contributed by atoms with van der Waals surface area (Å²) in [4.78, 5) is 26.8. The number of nitrogens with zero attached hydrogens (tertiary/aromatic N) is 1. The van der Waals surface area contributed by atoms with E-state index in [9.17, 15) is 14.7 Å². The van der Waals surface area contributed by atoms with Crippen LogP contribution in [0.2, 0.25) is 0 Å². The van der Waals surface area contributed by atoms with E-state index in [1.165, 1.54) is 5.56 Å². The maximum Gasteiger partial charge on any atom is 0.254 e. The minimum atomic E-state index is -0.458. The lowest BCUT2D eigenvalue weighted by Crippen LogP contribution is -2.42. The summed E-state index contributed by atoms with van der Waals surface area (Å²) in [5.74, 6) is 1.01. The van der Waals surface area contributed by atoms with Gasteiger partial charge in [-0.15, -0.1) is 0 Å². The van der Waals surface area contributed by atoms with Crippen LogP contribution in [0.15, 0.2) is 48.5 Å². The lowest BCUT2D eigenvalue weighted by atomic mass is 9.95. The molecule has 0 aliphatic carbocycles. The largest absolute Gasteiger partial charge is 0.497 e. The highest BCUT2D eigenvalue weighted by Crippen LogP contribution is 2.25. The zero-order valence-electron chi connectivity index (χ0n) is 18.3. The lowest BCUT2D eigenvalue weighted by Gasteiger charge is -2.30. The molecule has 6 heteroatoms. The predicted octanol–water partition coefficient (Wildman–Crippen LogP) is 4.20. The summed E-state index contributed by atoms with van der Waals surface area (Å²) in [6, 6.07) is 15.0. The van der Waals surface area contributed by atoms with Gasteiger partial charge in [-0.3, -0.25) is 9.59 Å². The Bertz CT molecular complexity index is 899. The number of ether oxygens (including phenoxy) is 1. The second-order valence-electron chi connectivity index (χ2n) is 8.25. The minimum absolute atomic E-state index is 0.0594. The van der Waals surface area contributed by atoms with Gasteiger partial charge in [0.25, 0.3) is 5.91 Å². The average molecular weight is 425 g/mol. The molecule has 2 aromatic rings. The predicted molar refractivity (Wildman–Crippen MR) is 121 cm³/mol. The molecule has 0 spiro atoms. The van der Waals surface area contributed by atoms with Crippen LogP contribution in [0.4, 0.5) is 5.69 Å². The third kappa shape index (κ3) is 6.56. The van der Waals surface area contributed by atoms with Gasteiger partial charge >= 0.3 is 0 Å². The van der Waals surface area contributed by atoms with Gasteiger partial charge in [0.15, 0.2) is 0 Å². The van der Waals surface area contributed by atoms with Crippen LogP contribution in [-0.2, 0) is 4.79 Å². The first kappa shape index (κ1) is 22.8. The Balaban J connectivity index is 1.49. The van der Waals surface area contributed by atoms with E-state index in [1.807, 2.05) is 18.2 Å². The van der Waals surface area contributed by atoms with Crippen LogP contribution in [0.3, 0.4) is 0 Å². The van der Waals surface area contributed by atoms with E-state index in [4.69, 9.17) is 4.74 Å². The molecule has 2 amide bonds. The number of benzene rings is 2. The molecular weight excluding hydrogens is 392 g/mol. The number of carbonyl (C=O) groups excluding carboxylic acids is 2. The molecule has 1 fully saturated rings. The Morgan fingerprint density at radius 1 is 1.23 bits per heavy atom. The van der Waals surface area contributed by atoms with E-state index in [0.29, 0.717) is 36.7 Å². The second kappa shape index (κ2) is 11.0. The summed E-state index contributed by atoms with van der Waals surface area (Å²) in [5.41, 5.74) is 2.35. The maximum absolute atomic E-state index is 12.7. The topological polar surface area (TPSA) is 78.9 Å². The molecule has 0 aromatic heterocycles. The van der Waals surface area contributed by atoms with Crippen molar-refractivity contribution >= 4 is 17.5 Å². The summed E-state index contributed by atoms with van der Waals surface area (Å²) in [6.07, 6.45) is 3.17. The Kier molecular flexibility index (Phi) is 8.06. The van der Waals surface area contributed by atoms with Gasteiger partial charge in [0, 0.05) is 30.8 Å². The van der Waals surface area contributed by atoms with Gasteiger partial charge in [-0.05, 0) is 67.5 Å². The monoisotopic (exact) mass is 424 g/mol. The highest BCUT2D eigenvalue weighted by molar-refractivity contribution is 5.97. The number of β-amino-alcohol motifs (C(OH)–C–C–N with tert-alkyl or cyclic N) is 1. The number of rotatable bonds is 8. The Labute approximate surface area is 184 Å². The molecule has 6 nitrogen and oxygen atoms in total. The summed E-state index contributed by atoms with van der Waals surface area (Å²) >= 11 is 0. The number of aliphatic hydroxyl groups excluding tert-OH is 1. The van der Waals surface area contributed by atoms with E-state index < -0.39 is 6.10 Å². The van der Waals surface area contributed by atoms with Crippen molar-refractivity contribution in [2.24, 2.45) is 0 Å². The molecule has 2 atom stereocenters. The maximum atomic E-state index is 12.7. The van der Waals surface area contributed by atoms with Crippen LogP contribution < -0.4 is 10.1 Å².